The number of esters is 1. The molecule has 1 amide bonds. The second kappa shape index (κ2) is 7.24. The van der Waals surface area contributed by atoms with Gasteiger partial charge in [-0.25, -0.2) is 0 Å². The van der Waals surface area contributed by atoms with E-state index in [1.54, 1.807) is 43.3 Å². The van der Waals surface area contributed by atoms with E-state index in [0.29, 0.717) is 17.9 Å². The van der Waals surface area contributed by atoms with E-state index >= 15 is 0 Å². The molecule has 0 unspecified atom stereocenters. The van der Waals surface area contributed by atoms with Crippen LogP contribution in [0.5, 0.6) is 0 Å². The minimum absolute atomic E-state index is 0.159. The molecular formula is C17H17NO3. The lowest BCUT2D eigenvalue weighted by atomic mass is 10.1. The molecule has 0 bridgehead atoms. The summed E-state index contributed by atoms with van der Waals surface area (Å²) in [6.07, 6.45) is 0.237. The molecule has 0 atom stereocenters. The lowest BCUT2D eigenvalue weighted by Gasteiger charge is -2.06. The number of nitrogens with one attached hydrogen (secondary N) is 1. The van der Waals surface area contributed by atoms with Crippen molar-refractivity contribution in [3.63, 3.8) is 0 Å². The predicted octanol–water partition coefficient (Wildman–Crippen LogP) is 3.04. The zero-order valence-electron chi connectivity index (χ0n) is 11.8. The van der Waals surface area contributed by atoms with Crippen LogP contribution in [0.15, 0.2) is 54.6 Å². The number of hydrogen-bond acceptors (Lipinski definition) is 3. The molecular weight excluding hydrogens is 266 g/mol. The van der Waals surface area contributed by atoms with Crippen molar-refractivity contribution >= 4 is 17.6 Å². The molecule has 21 heavy (non-hydrogen) atoms. The van der Waals surface area contributed by atoms with Crippen molar-refractivity contribution in [2.45, 2.75) is 13.3 Å². The van der Waals surface area contributed by atoms with Gasteiger partial charge < -0.3 is 10.1 Å². The summed E-state index contributed by atoms with van der Waals surface area (Å²) in [5.74, 6) is -0.410. The van der Waals surface area contributed by atoms with Gasteiger partial charge in [0.25, 0.3) is 5.91 Å². The molecule has 0 fully saturated rings. The van der Waals surface area contributed by atoms with Crippen molar-refractivity contribution in [2.75, 3.05) is 11.9 Å². The third-order valence-electron chi connectivity index (χ3n) is 2.90. The van der Waals surface area contributed by atoms with Crippen LogP contribution in [0.1, 0.15) is 22.8 Å². The van der Waals surface area contributed by atoms with Crippen LogP contribution in [-0.4, -0.2) is 18.5 Å². The number of amides is 1. The maximum atomic E-state index is 12.0. The molecule has 2 aromatic rings. The van der Waals surface area contributed by atoms with Crippen LogP contribution < -0.4 is 5.32 Å². The highest BCUT2D eigenvalue weighted by atomic mass is 16.5. The van der Waals surface area contributed by atoms with Crippen molar-refractivity contribution < 1.29 is 14.3 Å². The van der Waals surface area contributed by atoms with Crippen LogP contribution in [0, 0.1) is 0 Å². The molecule has 0 spiro atoms. The molecule has 0 saturated heterocycles. The molecule has 0 aromatic heterocycles. The van der Waals surface area contributed by atoms with Crippen LogP contribution in [0.25, 0.3) is 0 Å². The Kier molecular flexibility index (Phi) is 5.10. The lowest BCUT2D eigenvalue weighted by Crippen LogP contribution is -2.12. The zero-order valence-corrected chi connectivity index (χ0v) is 11.8. The van der Waals surface area contributed by atoms with E-state index in [4.69, 9.17) is 4.74 Å². The predicted molar refractivity (Wildman–Crippen MR) is 81.2 cm³/mol. The van der Waals surface area contributed by atoms with Gasteiger partial charge in [0.05, 0.1) is 13.0 Å². The van der Waals surface area contributed by atoms with E-state index in [-0.39, 0.29) is 18.3 Å². The van der Waals surface area contributed by atoms with E-state index in [0.717, 1.165) is 5.56 Å². The second-order valence-corrected chi connectivity index (χ2v) is 4.50. The van der Waals surface area contributed by atoms with E-state index < -0.39 is 0 Å². The number of rotatable bonds is 5. The number of hydrogen-bond donors (Lipinski definition) is 1. The summed E-state index contributed by atoms with van der Waals surface area (Å²) >= 11 is 0. The largest absolute Gasteiger partial charge is 0.466 e. The van der Waals surface area contributed by atoms with Crippen molar-refractivity contribution in [3.05, 3.63) is 65.7 Å². The Morgan fingerprint density at radius 2 is 1.67 bits per heavy atom. The van der Waals surface area contributed by atoms with Crippen molar-refractivity contribution in [1.29, 1.82) is 0 Å². The average molecular weight is 283 g/mol. The third-order valence-corrected chi connectivity index (χ3v) is 2.90. The molecule has 0 radical (unpaired) electrons. The quantitative estimate of drug-likeness (QED) is 0.858. The Balaban J connectivity index is 1.96. The number of carbonyl (C=O) groups is 2. The number of anilines is 1. The van der Waals surface area contributed by atoms with Crippen molar-refractivity contribution in [3.8, 4) is 0 Å². The molecule has 0 aliphatic carbocycles. The van der Waals surface area contributed by atoms with E-state index in [1.165, 1.54) is 0 Å². The third kappa shape index (κ3) is 4.45. The first-order valence-corrected chi connectivity index (χ1v) is 6.80. The van der Waals surface area contributed by atoms with Gasteiger partial charge in [-0.2, -0.15) is 0 Å². The first-order chi connectivity index (χ1) is 10.2. The fourth-order valence-electron chi connectivity index (χ4n) is 1.88. The van der Waals surface area contributed by atoms with Gasteiger partial charge in [-0.15, -0.1) is 0 Å². The number of carbonyl (C=O) groups excluding carboxylic acids is 2. The summed E-state index contributed by atoms with van der Waals surface area (Å²) in [4.78, 5) is 23.3. The average Bonchev–Trinajstić information content (AvgIpc) is 2.50. The molecule has 0 saturated carbocycles. The molecule has 0 aliphatic rings. The molecule has 0 aliphatic heterocycles. The second-order valence-electron chi connectivity index (χ2n) is 4.50. The summed E-state index contributed by atoms with van der Waals surface area (Å²) in [5.41, 5.74) is 2.15. The van der Waals surface area contributed by atoms with Gasteiger partial charge in [-0.05, 0) is 36.8 Å². The minimum Gasteiger partial charge on any atom is -0.466 e. The van der Waals surface area contributed by atoms with Crippen LogP contribution in [0.4, 0.5) is 5.69 Å². The van der Waals surface area contributed by atoms with Gasteiger partial charge in [-0.3, -0.25) is 9.59 Å². The van der Waals surface area contributed by atoms with Gasteiger partial charge in [0, 0.05) is 11.3 Å². The topological polar surface area (TPSA) is 55.4 Å². The van der Waals surface area contributed by atoms with Crippen molar-refractivity contribution in [2.24, 2.45) is 0 Å². The highest BCUT2D eigenvalue weighted by Crippen LogP contribution is 2.12. The summed E-state index contributed by atoms with van der Waals surface area (Å²) in [7, 11) is 0. The van der Waals surface area contributed by atoms with Gasteiger partial charge in [0.2, 0.25) is 0 Å². The molecule has 4 nitrogen and oxygen atoms in total. The number of ether oxygens (including phenoxy) is 1. The van der Waals surface area contributed by atoms with E-state index in [1.807, 2.05) is 18.2 Å². The zero-order chi connectivity index (χ0) is 15.1. The van der Waals surface area contributed by atoms with Gasteiger partial charge in [-0.1, -0.05) is 30.3 Å². The summed E-state index contributed by atoms with van der Waals surface area (Å²) < 4.78 is 4.89. The lowest BCUT2D eigenvalue weighted by molar-refractivity contribution is -0.142. The van der Waals surface area contributed by atoms with Crippen LogP contribution >= 0.6 is 0 Å². The fraction of sp³-hybridized carbons (Fsp3) is 0.176. The van der Waals surface area contributed by atoms with Gasteiger partial charge in [0.1, 0.15) is 0 Å². The first-order valence-electron chi connectivity index (χ1n) is 6.80. The summed E-state index contributed by atoms with van der Waals surface area (Å²) in [6, 6.07) is 16.2. The Morgan fingerprint density at radius 1 is 1.00 bits per heavy atom. The molecule has 0 heterocycles. The normalized spacial score (nSPS) is 9.95. The van der Waals surface area contributed by atoms with E-state index in [2.05, 4.69) is 5.32 Å². The molecule has 2 aromatic carbocycles. The first kappa shape index (κ1) is 14.8. The van der Waals surface area contributed by atoms with E-state index in [9.17, 15) is 9.59 Å². The van der Waals surface area contributed by atoms with Crippen LogP contribution in [0.3, 0.4) is 0 Å². The monoisotopic (exact) mass is 283 g/mol. The van der Waals surface area contributed by atoms with Crippen molar-refractivity contribution in [1.82, 2.24) is 0 Å². The van der Waals surface area contributed by atoms with Gasteiger partial charge >= 0.3 is 5.97 Å². The Morgan fingerprint density at radius 3 is 2.29 bits per heavy atom. The Labute approximate surface area is 123 Å². The molecule has 4 heteroatoms. The highest BCUT2D eigenvalue weighted by Gasteiger charge is 2.06. The smallest absolute Gasteiger partial charge is 0.310 e. The SMILES string of the molecule is CCOC(=O)Cc1ccc(NC(=O)c2ccccc2)cc1. The maximum absolute atomic E-state index is 12.0. The minimum atomic E-state index is -0.251. The Bertz CT molecular complexity index is 606. The van der Waals surface area contributed by atoms with Crippen LogP contribution in [0.2, 0.25) is 0 Å². The van der Waals surface area contributed by atoms with Gasteiger partial charge in [0.15, 0.2) is 0 Å². The fourth-order valence-corrected chi connectivity index (χ4v) is 1.88. The Hall–Kier alpha value is -2.62. The number of benzene rings is 2. The summed E-state index contributed by atoms with van der Waals surface area (Å²) in [5, 5.41) is 2.81. The maximum Gasteiger partial charge on any atom is 0.310 e. The highest BCUT2D eigenvalue weighted by molar-refractivity contribution is 6.04. The molecule has 108 valence electrons. The molecule has 1 N–H and O–H groups in total. The van der Waals surface area contributed by atoms with Crippen LogP contribution in [-0.2, 0) is 16.0 Å². The standard InChI is InChI=1S/C17H17NO3/c1-2-21-16(19)12-13-8-10-15(11-9-13)18-17(20)14-6-4-3-5-7-14/h3-11H,2,12H2,1H3,(H,18,20). The molecule has 2 rings (SSSR count). The summed E-state index contributed by atoms with van der Waals surface area (Å²) in [6.45, 7) is 2.16.